The summed E-state index contributed by atoms with van der Waals surface area (Å²) >= 11 is 5.45. The van der Waals surface area contributed by atoms with Crippen LogP contribution in [0, 0.1) is 0 Å². The molecule has 0 unspecified atom stereocenters. The van der Waals surface area contributed by atoms with Crippen LogP contribution in [0.15, 0.2) is 54.6 Å². The third kappa shape index (κ3) is 4.57. The fraction of sp³-hybridized carbons (Fsp3) is 0.318. The second-order valence-electron chi connectivity index (χ2n) is 7.10. The van der Waals surface area contributed by atoms with Crippen molar-refractivity contribution in [2.45, 2.75) is 38.6 Å². The van der Waals surface area contributed by atoms with E-state index in [0.29, 0.717) is 5.11 Å². The van der Waals surface area contributed by atoms with E-state index in [0.717, 1.165) is 48.8 Å². The smallest absolute Gasteiger partial charge is 0.170 e. The molecule has 0 atom stereocenters. The number of anilines is 1. The molecule has 2 heterocycles. The minimum absolute atomic E-state index is 0.633. The number of rotatable bonds is 5. The van der Waals surface area contributed by atoms with Gasteiger partial charge in [-0.25, -0.2) is 0 Å². The monoisotopic (exact) mass is 391 g/mol. The van der Waals surface area contributed by atoms with Crippen molar-refractivity contribution in [3.8, 4) is 11.4 Å². The Morgan fingerprint density at radius 2 is 1.89 bits per heavy atom. The second kappa shape index (κ2) is 8.97. The van der Waals surface area contributed by atoms with E-state index in [1.54, 1.807) is 0 Å². The highest BCUT2D eigenvalue weighted by Gasteiger charge is 2.16. The first-order valence-corrected chi connectivity index (χ1v) is 10.3. The summed E-state index contributed by atoms with van der Waals surface area (Å²) in [4.78, 5) is 0. The van der Waals surface area contributed by atoms with Gasteiger partial charge in [-0.1, -0.05) is 48.9 Å². The first-order chi connectivity index (χ1) is 13.8. The largest absolute Gasteiger partial charge is 0.362 e. The van der Waals surface area contributed by atoms with Crippen molar-refractivity contribution in [2.75, 3.05) is 11.9 Å². The van der Waals surface area contributed by atoms with Gasteiger partial charge in [-0.05, 0) is 49.2 Å². The first kappa shape index (κ1) is 18.6. The van der Waals surface area contributed by atoms with Gasteiger partial charge in [-0.3, -0.25) is 0 Å². The Labute approximate surface area is 171 Å². The molecule has 1 aliphatic rings. The number of thiocarbonyl (C=S) groups is 1. The minimum Gasteiger partial charge on any atom is -0.362 e. The van der Waals surface area contributed by atoms with Crippen LogP contribution >= 0.6 is 12.2 Å². The van der Waals surface area contributed by atoms with Gasteiger partial charge in [0.25, 0.3) is 0 Å². The number of hydrogen-bond donors (Lipinski definition) is 2. The average molecular weight is 392 g/mol. The van der Waals surface area contributed by atoms with Gasteiger partial charge in [0.05, 0.1) is 0 Å². The standard InChI is InChI=1S/C22H25N5S/c28-22(23-14-13-17-8-3-1-4-9-17)24-19-11-7-10-18(16-19)21-26-25-20-12-5-2-6-15-27(20)21/h1,3-4,7-11,16H,2,5-6,12-15H2,(H2,23,24,28). The maximum Gasteiger partial charge on any atom is 0.170 e. The number of benzene rings is 2. The van der Waals surface area contributed by atoms with E-state index >= 15 is 0 Å². The molecule has 4 rings (SSSR count). The van der Waals surface area contributed by atoms with Crippen LogP contribution in [0.3, 0.4) is 0 Å². The molecule has 0 saturated heterocycles. The predicted molar refractivity (Wildman–Crippen MR) is 117 cm³/mol. The van der Waals surface area contributed by atoms with Crippen LogP contribution in [0.4, 0.5) is 5.69 Å². The van der Waals surface area contributed by atoms with Gasteiger partial charge in [-0.2, -0.15) is 0 Å². The van der Waals surface area contributed by atoms with Crippen molar-refractivity contribution in [3.05, 3.63) is 66.0 Å². The summed E-state index contributed by atoms with van der Waals surface area (Å²) in [5, 5.41) is 16.1. The third-order valence-electron chi connectivity index (χ3n) is 5.03. The summed E-state index contributed by atoms with van der Waals surface area (Å²) in [5.74, 6) is 2.05. The lowest BCUT2D eigenvalue weighted by molar-refractivity contribution is 0.636. The number of nitrogens with zero attached hydrogens (tertiary/aromatic N) is 3. The Balaban J connectivity index is 1.39. The molecule has 0 saturated carbocycles. The molecule has 2 aromatic carbocycles. The lowest BCUT2D eigenvalue weighted by Crippen LogP contribution is -2.30. The Hall–Kier alpha value is -2.73. The summed E-state index contributed by atoms with van der Waals surface area (Å²) in [6, 6.07) is 18.6. The van der Waals surface area contributed by atoms with Crippen LogP contribution in [-0.4, -0.2) is 26.4 Å². The summed E-state index contributed by atoms with van der Waals surface area (Å²) in [6.45, 7) is 1.79. The fourth-order valence-corrected chi connectivity index (χ4v) is 3.79. The van der Waals surface area contributed by atoms with E-state index in [1.165, 1.54) is 24.8 Å². The molecular formula is C22H25N5S. The number of nitrogens with one attached hydrogen (secondary N) is 2. The number of hydrogen-bond acceptors (Lipinski definition) is 3. The highest BCUT2D eigenvalue weighted by atomic mass is 32.1. The third-order valence-corrected chi connectivity index (χ3v) is 5.28. The molecule has 5 nitrogen and oxygen atoms in total. The van der Waals surface area contributed by atoms with Crippen LogP contribution in [0.5, 0.6) is 0 Å². The van der Waals surface area contributed by atoms with Crippen molar-refractivity contribution in [2.24, 2.45) is 0 Å². The molecule has 0 amide bonds. The van der Waals surface area contributed by atoms with Crippen molar-refractivity contribution in [3.63, 3.8) is 0 Å². The van der Waals surface area contributed by atoms with E-state index < -0.39 is 0 Å². The molecule has 0 radical (unpaired) electrons. The summed E-state index contributed by atoms with van der Waals surface area (Å²) in [5.41, 5.74) is 3.32. The maximum atomic E-state index is 5.45. The van der Waals surface area contributed by atoms with Crippen molar-refractivity contribution in [1.29, 1.82) is 0 Å². The van der Waals surface area contributed by atoms with Crippen molar-refractivity contribution >= 4 is 23.0 Å². The summed E-state index contributed by atoms with van der Waals surface area (Å²) in [6.07, 6.45) is 5.59. The fourth-order valence-electron chi connectivity index (χ4n) is 3.57. The minimum atomic E-state index is 0.633. The van der Waals surface area contributed by atoms with Crippen molar-refractivity contribution in [1.82, 2.24) is 20.1 Å². The molecule has 0 fully saturated rings. The molecule has 3 aromatic rings. The molecule has 1 aliphatic heterocycles. The van der Waals surface area contributed by atoms with Gasteiger partial charge in [-0.15, -0.1) is 10.2 Å². The highest BCUT2D eigenvalue weighted by molar-refractivity contribution is 7.80. The Kier molecular flexibility index (Phi) is 5.97. The average Bonchev–Trinajstić information content (AvgIpc) is 2.97. The van der Waals surface area contributed by atoms with E-state index in [-0.39, 0.29) is 0 Å². The zero-order chi connectivity index (χ0) is 19.2. The van der Waals surface area contributed by atoms with Gasteiger partial charge in [0, 0.05) is 30.8 Å². The van der Waals surface area contributed by atoms with E-state index in [1.807, 2.05) is 18.2 Å². The molecular weight excluding hydrogens is 366 g/mol. The van der Waals surface area contributed by atoms with E-state index in [2.05, 4.69) is 61.8 Å². The first-order valence-electron chi connectivity index (χ1n) is 9.91. The Morgan fingerprint density at radius 3 is 2.79 bits per heavy atom. The number of aryl methyl sites for hydroxylation is 1. The maximum absolute atomic E-state index is 5.45. The molecule has 28 heavy (non-hydrogen) atoms. The topological polar surface area (TPSA) is 54.8 Å². The number of fused-ring (bicyclic) bond motifs is 1. The van der Waals surface area contributed by atoms with Gasteiger partial charge < -0.3 is 15.2 Å². The lowest BCUT2D eigenvalue weighted by atomic mass is 10.1. The highest BCUT2D eigenvalue weighted by Crippen LogP contribution is 2.24. The lowest BCUT2D eigenvalue weighted by Gasteiger charge is -2.12. The molecule has 0 spiro atoms. The van der Waals surface area contributed by atoms with Crippen molar-refractivity contribution < 1.29 is 0 Å². The van der Waals surface area contributed by atoms with Crippen LogP contribution in [0.2, 0.25) is 0 Å². The zero-order valence-electron chi connectivity index (χ0n) is 15.9. The van der Waals surface area contributed by atoms with Gasteiger partial charge in [0.15, 0.2) is 10.9 Å². The molecule has 6 heteroatoms. The van der Waals surface area contributed by atoms with Crippen LogP contribution in [0.25, 0.3) is 11.4 Å². The van der Waals surface area contributed by atoms with Crippen LogP contribution in [0.1, 0.15) is 30.7 Å². The molecule has 0 bridgehead atoms. The van der Waals surface area contributed by atoms with Gasteiger partial charge in [0.1, 0.15) is 5.82 Å². The normalized spacial score (nSPS) is 13.4. The van der Waals surface area contributed by atoms with E-state index in [4.69, 9.17) is 12.2 Å². The summed E-state index contributed by atoms with van der Waals surface area (Å²) in [7, 11) is 0. The van der Waals surface area contributed by atoms with Crippen LogP contribution < -0.4 is 10.6 Å². The molecule has 0 aliphatic carbocycles. The second-order valence-corrected chi connectivity index (χ2v) is 7.51. The predicted octanol–water partition coefficient (Wildman–Crippen LogP) is 4.20. The zero-order valence-corrected chi connectivity index (χ0v) is 16.7. The van der Waals surface area contributed by atoms with E-state index in [9.17, 15) is 0 Å². The summed E-state index contributed by atoms with van der Waals surface area (Å²) < 4.78 is 2.27. The SMILES string of the molecule is S=C(NCCc1ccccc1)Nc1cccc(-c2nnc3n2CCCCC3)c1. The molecule has 1 aromatic heterocycles. The molecule has 2 N–H and O–H groups in total. The quantitative estimate of drug-likeness (QED) is 0.639. The number of aromatic nitrogens is 3. The van der Waals surface area contributed by atoms with Crippen LogP contribution in [-0.2, 0) is 19.4 Å². The van der Waals surface area contributed by atoms with Gasteiger partial charge in [0.2, 0.25) is 0 Å². The Bertz CT molecular complexity index is 935. The molecule has 144 valence electrons. The Morgan fingerprint density at radius 1 is 1.00 bits per heavy atom. The van der Waals surface area contributed by atoms with Gasteiger partial charge >= 0.3 is 0 Å².